The molecule has 0 radical (unpaired) electrons. The van der Waals surface area contributed by atoms with Crippen molar-refractivity contribution in [2.45, 2.75) is 25.9 Å². The van der Waals surface area contributed by atoms with Gasteiger partial charge in [-0.3, -0.25) is 9.69 Å². The highest BCUT2D eigenvalue weighted by Crippen LogP contribution is 2.31. The van der Waals surface area contributed by atoms with Gasteiger partial charge < -0.3 is 10.1 Å². The first-order chi connectivity index (χ1) is 12.9. The van der Waals surface area contributed by atoms with E-state index in [9.17, 15) is 14.0 Å². The smallest absolute Gasteiger partial charge is 0.325 e. The number of halogens is 1. The first-order valence-electron chi connectivity index (χ1n) is 8.45. The molecule has 2 aromatic carbocycles. The minimum atomic E-state index is -1.25. The van der Waals surface area contributed by atoms with Crippen LogP contribution < -0.4 is 10.1 Å². The highest BCUT2D eigenvalue weighted by molar-refractivity contribution is 6.07. The Bertz CT molecular complexity index is 936. The number of hydrogen-bond donors (Lipinski definition) is 1. The number of nitrogens with zero attached hydrogens (tertiary/aromatic N) is 2. The van der Waals surface area contributed by atoms with Crippen LogP contribution in [0.25, 0.3) is 0 Å². The van der Waals surface area contributed by atoms with Gasteiger partial charge in [0.2, 0.25) is 0 Å². The molecule has 138 valence electrons. The van der Waals surface area contributed by atoms with Crippen LogP contribution in [0.15, 0.2) is 42.5 Å². The van der Waals surface area contributed by atoms with Crippen LogP contribution in [0.1, 0.15) is 30.5 Å². The van der Waals surface area contributed by atoms with Crippen molar-refractivity contribution in [2.75, 3.05) is 6.61 Å². The molecule has 0 aromatic heterocycles. The summed E-state index contributed by atoms with van der Waals surface area (Å²) >= 11 is 0. The predicted octanol–water partition coefficient (Wildman–Crippen LogP) is 3.06. The molecular weight excluding hydrogens is 349 g/mol. The Morgan fingerprint density at radius 3 is 2.52 bits per heavy atom. The van der Waals surface area contributed by atoms with Crippen molar-refractivity contribution >= 4 is 11.9 Å². The Balaban J connectivity index is 1.85. The number of benzene rings is 2. The van der Waals surface area contributed by atoms with Gasteiger partial charge >= 0.3 is 6.03 Å². The summed E-state index contributed by atoms with van der Waals surface area (Å²) in [6, 6.07) is 12.1. The van der Waals surface area contributed by atoms with Crippen molar-refractivity contribution in [1.82, 2.24) is 10.2 Å². The second-order valence-electron chi connectivity index (χ2n) is 6.32. The average Bonchev–Trinajstić information content (AvgIpc) is 2.88. The van der Waals surface area contributed by atoms with Crippen molar-refractivity contribution in [3.05, 3.63) is 65.0 Å². The molecule has 1 atom stereocenters. The summed E-state index contributed by atoms with van der Waals surface area (Å²) in [5.41, 5.74) is -0.307. The maximum atomic E-state index is 14.1. The third-order valence-electron chi connectivity index (χ3n) is 4.53. The molecule has 0 aliphatic carbocycles. The summed E-state index contributed by atoms with van der Waals surface area (Å²) in [7, 11) is 0. The molecule has 1 aliphatic rings. The molecule has 1 heterocycles. The van der Waals surface area contributed by atoms with Gasteiger partial charge in [-0.15, -0.1) is 0 Å². The van der Waals surface area contributed by atoms with Crippen molar-refractivity contribution < 1.29 is 18.7 Å². The predicted molar refractivity (Wildman–Crippen MR) is 95.2 cm³/mol. The average molecular weight is 367 g/mol. The van der Waals surface area contributed by atoms with E-state index >= 15 is 0 Å². The van der Waals surface area contributed by atoms with Crippen LogP contribution in [0.5, 0.6) is 5.75 Å². The van der Waals surface area contributed by atoms with Crippen molar-refractivity contribution in [3.63, 3.8) is 0 Å². The monoisotopic (exact) mass is 367 g/mol. The van der Waals surface area contributed by atoms with E-state index in [-0.39, 0.29) is 17.7 Å². The first-order valence-corrected chi connectivity index (χ1v) is 8.45. The minimum absolute atomic E-state index is 0.161. The van der Waals surface area contributed by atoms with Crippen molar-refractivity contribution in [1.29, 1.82) is 5.26 Å². The zero-order chi connectivity index (χ0) is 19.6. The van der Waals surface area contributed by atoms with Gasteiger partial charge in [0.25, 0.3) is 5.91 Å². The number of ether oxygens (including phenoxy) is 1. The van der Waals surface area contributed by atoms with Gasteiger partial charge in [0.15, 0.2) is 0 Å². The van der Waals surface area contributed by atoms with Crippen LogP contribution in [0.2, 0.25) is 0 Å². The van der Waals surface area contributed by atoms with Crippen LogP contribution in [0.4, 0.5) is 9.18 Å². The molecule has 27 heavy (non-hydrogen) atoms. The summed E-state index contributed by atoms with van der Waals surface area (Å²) in [6.45, 7) is 3.79. The molecule has 7 heteroatoms. The van der Waals surface area contributed by atoms with Gasteiger partial charge in [-0.05, 0) is 43.7 Å². The van der Waals surface area contributed by atoms with E-state index in [0.29, 0.717) is 17.9 Å². The fraction of sp³-hybridized carbons (Fsp3) is 0.250. The lowest BCUT2D eigenvalue weighted by Gasteiger charge is -2.22. The zero-order valence-electron chi connectivity index (χ0n) is 15.0. The molecule has 0 spiro atoms. The number of amides is 3. The number of rotatable bonds is 5. The molecule has 1 N–H and O–H groups in total. The van der Waals surface area contributed by atoms with E-state index < -0.39 is 23.3 Å². The molecule has 1 fully saturated rings. The molecule has 1 aliphatic heterocycles. The molecular formula is C20H18FN3O3. The third-order valence-corrected chi connectivity index (χ3v) is 4.53. The van der Waals surface area contributed by atoms with E-state index in [1.807, 2.05) is 13.0 Å². The lowest BCUT2D eigenvalue weighted by Crippen LogP contribution is -2.40. The Morgan fingerprint density at radius 1 is 1.22 bits per heavy atom. The van der Waals surface area contributed by atoms with E-state index in [1.165, 1.54) is 12.1 Å². The number of carbonyl (C=O) groups excluding carboxylic acids is 2. The topological polar surface area (TPSA) is 82.4 Å². The Labute approximate surface area is 156 Å². The number of carbonyl (C=O) groups is 2. The molecule has 0 unspecified atom stereocenters. The van der Waals surface area contributed by atoms with E-state index in [4.69, 9.17) is 10.00 Å². The van der Waals surface area contributed by atoms with Gasteiger partial charge in [-0.25, -0.2) is 9.18 Å². The number of nitrogens with one attached hydrogen (secondary N) is 1. The van der Waals surface area contributed by atoms with E-state index in [0.717, 1.165) is 11.0 Å². The largest absolute Gasteiger partial charge is 0.494 e. The SMILES string of the molecule is CCOc1ccc([C@]2(C)NC(=O)N(Cc3ccc(C#N)cc3F)C2=O)cc1. The van der Waals surface area contributed by atoms with Crippen molar-refractivity contribution in [3.8, 4) is 11.8 Å². The summed E-state index contributed by atoms with van der Waals surface area (Å²) in [5.74, 6) is -0.442. The number of hydrogen-bond acceptors (Lipinski definition) is 4. The summed E-state index contributed by atoms with van der Waals surface area (Å²) in [6.07, 6.45) is 0. The molecule has 0 bridgehead atoms. The van der Waals surface area contributed by atoms with Crippen LogP contribution in [0.3, 0.4) is 0 Å². The zero-order valence-corrected chi connectivity index (χ0v) is 15.0. The molecule has 3 amide bonds. The van der Waals surface area contributed by atoms with Crippen LogP contribution >= 0.6 is 0 Å². The molecule has 3 rings (SSSR count). The molecule has 2 aromatic rings. The summed E-state index contributed by atoms with van der Waals surface area (Å²) < 4.78 is 19.5. The fourth-order valence-electron chi connectivity index (χ4n) is 3.00. The second kappa shape index (κ2) is 7.08. The van der Waals surface area contributed by atoms with Gasteiger partial charge in [0, 0.05) is 5.56 Å². The first kappa shape index (κ1) is 18.4. The van der Waals surface area contributed by atoms with Gasteiger partial charge in [0.05, 0.1) is 24.8 Å². The van der Waals surface area contributed by atoms with Crippen LogP contribution in [-0.2, 0) is 16.9 Å². The normalized spacial score (nSPS) is 19.0. The molecule has 6 nitrogen and oxygen atoms in total. The lowest BCUT2D eigenvalue weighted by atomic mass is 9.92. The number of imide groups is 1. The number of nitriles is 1. The number of urea groups is 1. The molecule has 0 saturated carbocycles. The highest BCUT2D eigenvalue weighted by atomic mass is 19.1. The standard InChI is InChI=1S/C20H18FN3O3/c1-3-27-16-8-6-15(7-9-16)20(2)18(25)24(19(26)23-20)12-14-5-4-13(11-22)10-17(14)21/h4-10H,3,12H2,1-2H3,(H,23,26)/t20-/m0/s1. The van der Waals surface area contributed by atoms with Gasteiger partial charge in [-0.2, -0.15) is 5.26 Å². The highest BCUT2D eigenvalue weighted by Gasteiger charge is 2.49. The van der Waals surface area contributed by atoms with Gasteiger partial charge in [0.1, 0.15) is 17.1 Å². The maximum absolute atomic E-state index is 14.1. The van der Waals surface area contributed by atoms with Gasteiger partial charge in [-0.1, -0.05) is 18.2 Å². The van der Waals surface area contributed by atoms with Crippen LogP contribution in [-0.4, -0.2) is 23.4 Å². The summed E-state index contributed by atoms with van der Waals surface area (Å²) in [5, 5.41) is 11.5. The van der Waals surface area contributed by atoms with Crippen LogP contribution in [0, 0.1) is 17.1 Å². The fourth-order valence-corrected chi connectivity index (χ4v) is 3.00. The summed E-state index contributed by atoms with van der Waals surface area (Å²) in [4.78, 5) is 26.3. The molecule has 1 saturated heterocycles. The van der Waals surface area contributed by atoms with E-state index in [2.05, 4.69) is 5.32 Å². The Morgan fingerprint density at radius 2 is 1.93 bits per heavy atom. The van der Waals surface area contributed by atoms with Crippen molar-refractivity contribution in [2.24, 2.45) is 0 Å². The van der Waals surface area contributed by atoms with E-state index in [1.54, 1.807) is 31.2 Å². The second-order valence-corrected chi connectivity index (χ2v) is 6.32. The quantitative estimate of drug-likeness (QED) is 0.824. The Hall–Kier alpha value is -3.40. The maximum Gasteiger partial charge on any atom is 0.325 e. The lowest BCUT2D eigenvalue weighted by molar-refractivity contribution is -0.131. The minimum Gasteiger partial charge on any atom is -0.494 e. The third kappa shape index (κ3) is 3.34. The Kier molecular flexibility index (Phi) is 4.82.